The quantitative estimate of drug-likeness (QED) is 0.727. The molecule has 0 bridgehead atoms. The Bertz CT molecular complexity index is 666. The summed E-state index contributed by atoms with van der Waals surface area (Å²) in [5.74, 6) is 1.54. The standard InChI is InChI=1S/C15H13IN2O3/c1-19-11-5-3-10(4-6-11)9-21-15-12(7-17)14(20-2)13(16)8-18-15/h3-6,8H,9H2,1-2H3. The first-order valence-electron chi connectivity index (χ1n) is 6.08. The maximum atomic E-state index is 9.25. The highest BCUT2D eigenvalue weighted by Gasteiger charge is 2.15. The predicted molar refractivity (Wildman–Crippen MR) is 85.5 cm³/mol. The molecule has 1 aromatic carbocycles. The third kappa shape index (κ3) is 3.55. The molecule has 0 saturated heterocycles. The number of ether oxygens (including phenoxy) is 3. The summed E-state index contributed by atoms with van der Waals surface area (Å²) in [6.07, 6.45) is 1.61. The van der Waals surface area contributed by atoms with E-state index in [4.69, 9.17) is 14.2 Å². The molecule has 0 radical (unpaired) electrons. The first-order chi connectivity index (χ1) is 10.2. The summed E-state index contributed by atoms with van der Waals surface area (Å²) >= 11 is 2.07. The number of nitrogens with zero attached hydrogens (tertiary/aromatic N) is 2. The van der Waals surface area contributed by atoms with Gasteiger partial charge in [0.25, 0.3) is 0 Å². The summed E-state index contributed by atoms with van der Waals surface area (Å²) in [5, 5.41) is 9.25. The molecule has 0 aliphatic heterocycles. The van der Waals surface area contributed by atoms with Gasteiger partial charge < -0.3 is 14.2 Å². The number of pyridine rings is 1. The molecule has 1 heterocycles. The maximum absolute atomic E-state index is 9.25. The van der Waals surface area contributed by atoms with Crippen molar-refractivity contribution < 1.29 is 14.2 Å². The van der Waals surface area contributed by atoms with Crippen molar-refractivity contribution in [2.75, 3.05) is 14.2 Å². The van der Waals surface area contributed by atoms with Gasteiger partial charge >= 0.3 is 0 Å². The lowest BCUT2D eigenvalue weighted by Crippen LogP contribution is -2.02. The van der Waals surface area contributed by atoms with Crippen molar-refractivity contribution in [1.29, 1.82) is 5.26 Å². The lowest BCUT2D eigenvalue weighted by Gasteiger charge is -2.11. The fraction of sp³-hybridized carbons (Fsp3) is 0.200. The minimum absolute atomic E-state index is 0.269. The molecule has 0 atom stereocenters. The van der Waals surface area contributed by atoms with Gasteiger partial charge in [-0.15, -0.1) is 0 Å². The Kier molecular flexibility index (Phi) is 5.22. The van der Waals surface area contributed by atoms with Crippen LogP contribution in [0.15, 0.2) is 30.5 Å². The fourth-order valence-electron chi connectivity index (χ4n) is 1.74. The van der Waals surface area contributed by atoms with E-state index in [1.165, 1.54) is 7.11 Å². The van der Waals surface area contributed by atoms with E-state index >= 15 is 0 Å². The highest BCUT2D eigenvalue weighted by atomic mass is 127. The molecule has 2 rings (SSSR count). The van der Waals surface area contributed by atoms with E-state index in [1.807, 2.05) is 24.3 Å². The van der Waals surface area contributed by atoms with Gasteiger partial charge in [-0.3, -0.25) is 0 Å². The first kappa shape index (κ1) is 15.4. The van der Waals surface area contributed by atoms with E-state index in [-0.39, 0.29) is 5.88 Å². The zero-order chi connectivity index (χ0) is 15.2. The Balaban J connectivity index is 2.18. The molecular weight excluding hydrogens is 383 g/mol. The predicted octanol–water partition coefficient (Wildman–Crippen LogP) is 3.15. The molecular formula is C15H13IN2O3. The highest BCUT2D eigenvalue weighted by molar-refractivity contribution is 14.1. The van der Waals surface area contributed by atoms with Gasteiger partial charge in [-0.25, -0.2) is 4.98 Å². The number of rotatable bonds is 5. The van der Waals surface area contributed by atoms with Crippen LogP contribution in [0.3, 0.4) is 0 Å². The number of halogens is 1. The SMILES string of the molecule is COc1ccc(COc2ncc(I)c(OC)c2C#N)cc1. The molecule has 0 fully saturated rings. The van der Waals surface area contributed by atoms with Crippen LogP contribution in [-0.4, -0.2) is 19.2 Å². The second-order valence-electron chi connectivity index (χ2n) is 4.07. The molecule has 108 valence electrons. The van der Waals surface area contributed by atoms with Gasteiger partial charge in [0.1, 0.15) is 18.4 Å². The summed E-state index contributed by atoms with van der Waals surface area (Å²) in [6, 6.07) is 9.57. The van der Waals surface area contributed by atoms with Crippen LogP contribution < -0.4 is 14.2 Å². The Labute approximate surface area is 136 Å². The van der Waals surface area contributed by atoms with Gasteiger partial charge in [0.05, 0.1) is 17.8 Å². The highest BCUT2D eigenvalue weighted by Crippen LogP contribution is 2.30. The van der Waals surface area contributed by atoms with Crippen LogP contribution in [-0.2, 0) is 6.61 Å². The Morgan fingerprint density at radius 1 is 1.19 bits per heavy atom. The van der Waals surface area contributed by atoms with Gasteiger partial charge in [0, 0.05) is 6.20 Å². The molecule has 6 heteroatoms. The van der Waals surface area contributed by atoms with Crippen molar-refractivity contribution in [1.82, 2.24) is 4.98 Å². The van der Waals surface area contributed by atoms with Gasteiger partial charge in [-0.05, 0) is 40.3 Å². The van der Waals surface area contributed by atoms with E-state index in [9.17, 15) is 5.26 Å². The van der Waals surface area contributed by atoms with Gasteiger partial charge in [-0.2, -0.15) is 5.26 Å². The molecule has 0 aliphatic rings. The number of hydrogen-bond donors (Lipinski definition) is 0. The Hall–Kier alpha value is -2.01. The van der Waals surface area contributed by atoms with Gasteiger partial charge in [0.15, 0.2) is 11.3 Å². The summed E-state index contributed by atoms with van der Waals surface area (Å²) in [5.41, 5.74) is 1.26. The molecule has 5 nitrogen and oxygen atoms in total. The summed E-state index contributed by atoms with van der Waals surface area (Å²) in [6.45, 7) is 0.315. The molecule has 0 spiro atoms. The van der Waals surface area contributed by atoms with Crippen LogP contribution in [0.25, 0.3) is 0 Å². The molecule has 0 saturated carbocycles. The monoisotopic (exact) mass is 396 g/mol. The van der Waals surface area contributed by atoms with Crippen LogP contribution in [0.5, 0.6) is 17.4 Å². The van der Waals surface area contributed by atoms with Crippen molar-refractivity contribution >= 4 is 22.6 Å². The van der Waals surface area contributed by atoms with E-state index in [0.717, 1.165) is 14.9 Å². The van der Waals surface area contributed by atoms with E-state index in [0.29, 0.717) is 17.9 Å². The third-order valence-electron chi connectivity index (χ3n) is 2.80. The number of aromatic nitrogens is 1. The molecule has 0 amide bonds. The van der Waals surface area contributed by atoms with Crippen molar-refractivity contribution in [2.24, 2.45) is 0 Å². The minimum Gasteiger partial charge on any atom is -0.497 e. The van der Waals surface area contributed by atoms with Crippen molar-refractivity contribution in [2.45, 2.75) is 6.61 Å². The number of hydrogen-bond acceptors (Lipinski definition) is 5. The van der Waals surface area contributed by atoms with Crippen molar-refractivity contribution in [3.8, 4) is 23.4 Å². The summed E-state index contributed by atoms with van der Waals surface area (Å²) in [7, 11) is 3.14. The maximum Gasteiger partial charge on any atom is 0.235 e. The second-order valence-corrected chi connectivity index (χ2v) is 5.23. The second kappa shape index (κ2) is 7.13. The third-order valence-corrected chi connectivity index (χ3v) is 3.57. The molecule has 1 aromatic heterocycles. The molecule has 0 aliphatic carbocycles. The lowest BCUT2D eigenvalue weighted by molar-refractivity contribution is 0.289. The lowest BCUT2D eigenvalue weighted by atomic mass is 10.2. The number of methoxy groups -OCH3 is 2. The smallest absolute Gasteiger partial charge is 0.235 e. The van der Waals surface area contributed by atoms with Gasteiger partial charge in [0.2, 0.25) is 5.88 Å². The summed E-state index contributed by atoms with van der Waals surface area (Å²) in [4.78, 5) is 4.15. The minimum atomic E-state index is 0.269. The van der Waals surface area contributed by atoms with Crippen molar-refractivity contribution in [3.63, 3.8) is 0 Å². The largest absolute Gasteiger partial charge is 0.497 e. The first-order valence-corrected chi connectivity index (χ1v) is 7.15. The van der Waals surface area contributed by atoms with Crippen LogP contribution in [0.1, 0.15) is 11.1 Å². The van der Waals surface area contributed by atoms with Crippen LogP contribution >= 0.6 is 22.6 Å². The zero-order valence-electron chi connectivity index (χ0n) is 11.6. The topological polar surface area (TPSA) is 64.4 Å². The van der Waals surface area contributed by atoms with Crippen LogP contribution in [0.4, 0.5) is 0 Å². The number of nitriles is 1. The van der Waals surface area contributed by atoms with Crippen LogP contribution in [0, 0.1) is 14.9 Å². The van der Waals surface area contributed by atoms with Crippen LogP contribution in [0.2, 0.25) is 0 Å². The molecule has 21 heavy (non-hydrogen) atoms. The Morgan fingerprint density at radius 3 is 2.48 bits per heavy atom. The Morgan fingerprint density at radius 2 is 1.90 bits per heavy atom. The normalized spacial score (nSPS) is 9.81. The van der Waals surface area contributed by atoms with Gasteiger partial charge in [-0.1, -0.05) is 12.1 Å². The van der Waals surface area contributed by atoms with Crippen molar-refractivity contribution in [3.05, 3.63) is 45.2 Å². The summed E-state index contributed by atoms with van der Waals surface area (Å²) < 4.78 is 16.7. The van der Waals surface area contributed by atoms with E-state index in [1.54, 1.807) is 13.3 Å². The zero-order valence-corrected chi connectivity index (χ0v) is 13.7. The molecule has 0 unspecified atom stereocenters. The fourth-order valence-corrected chi connectivity index (χ4v) is 2.37. The van der Waals surface area contributed by atoms with E-state index < -0.39 is 0 Å². The number of benzene rings is 1. The average Bonchev–Trinajstić information content (AvgIpc) is 2.53. The average molecular weight is 396 g/mol. The van der Waals surface area contributed by atoms with E-state index in [2.05, 4.69) is 33.6 Å². The molecule has 0 N–H and O–H groups in total. The molecule has 2 aromatic rings.